The van der Waals surface area contributed by atoms with Gasteiger partial charge in [-0.3, -0.25) is 7.57 Å². The lowest BCUT2D eigenvalue weighted by atomic mass is 10.1. The van der Waals surface area contributed by atoms with E-state index in [1.807, 2.05) is 12.1 Å². The molecule has 0 nitrogen and oxygen atoms in total. The highest BCUT2D eigenvalue weighted by Gasteiger charge is 2.22. The largest absolute Gasteiger partial charge is 0.292 e. The zero-order chi connectivity index (χ0) is 14.7. The topological polar surface area (TPSA) is 0 Å². The van der Waals surface area contributed by atoms with Gasteiger partial charge in [-0.1, -0.05) is 66.7 Å². The van der Waals surface area contributed by atoms with Gasteiger partial charge in [0.15, 0.2) is 0 Å². The molecule has 0 bridgehead atoms. The molecule has 0 amide bonds. The van der Waals surface area contributed by atoms with Crippen LogP contribution in [0.4, 0.5) is 0 Å². The molecule has 1 atom stereocenters. The van der Waals surface area contributed by atoms with Crippen LogP contribution in [0, 0.1) is 0 Å². The van der Waals surface area contributed by atoms with Crippen molar-refractivity contribution in [3.8, 4) is 11.1 Å². The molecular formula is C19H17BP. The van der Waals surface area contributed by atoms with Gasteiger partial charge in [-0.25, -0.2) is 0 Å². The van der Waals surface area contributed by atoms with Crippen LogP contribution in [0.2, 0.25) is 0 Å². The zero-order valence-electron chi connectivity index (χ0n) is 12.1. The van der Waals surface area contributed by atoms with E-state index < -0.39 is 7.14 Å². The van der Waals surface area contributed by atoms with E-state index in [-0.39, 0.29) is 0 Å². The van der Waals surface area contributed by atoms with Gasteiger partial charge in [0.05, 0.1) is 5.30 Å². The minimum Gasteiger partial charge on any atom is -0.292 e. The van der Waals surface area contributed by atoms with Gasteiger partial charge < -0.3 is 0 Å². The van der Waals surface area contributed by atoms with Crippen molar-refractivity contribution >= 4 is 25.3 Å². The van der Waals surface area contributed by atoms with Crippen LogP contribution in [0.1, 0.15) is 0 Å². The third kappa shape index (κ3) is 2.80. The van der Waals surface area contributed by atoms with E-state index in [9.17, 15) is 0 Å². The van der Waals surface area contributed by atoms with Gasteiger partial charge in [0.25, 0.3) is 0 Å². The van der Waals surface area contributed by atoms with E-state index in [1.54, 1.807) is 0 Å². The molecule has 3 aromatic carbocycles. The van der Waals surface area contributed by atoms with Gasteiger partial charge in [-0.2, -0.15) is 7.14 Å². The number of benzene rings is 3. The first kappa shape index (κ1) is 14.1. The van der Waals surface area contributed by atoms with Crippen LogP contribution < -0.4 is 10.6 Å². The van der Waals surface area contributed by atoms with Crippen LogP contribution in [-0.4, -0.2) is 14.2 Å². The SMILES string of the molecule is [B-][P+](C)(c1ccccc1)c1ccccc1-c1ccccc1. The Labute approximate surface area is 128 Å². The fraction of sp³-hybridized carbons (Fsp3) is 0.0526. The highest BCUT2D eigenvalue weighted by atomic mass is 31.2. The molecule has 3 radical (unpaired) electrons. The fourth-order valence-corrected chi connectivity index (χ4v) is 4.79. The molecule has 0 saturated carbocycles. The van der Waals surface area contributed by atoms with E-state index >= 15 is 0 Å². The average Bonchev–Trinajstić information content (AvgIpc) is 2.56. The van der Waals surface area contributed by atoms with Crippen molar-refractivity contribution in [1.82, 2.24) is 0 Å². The molecule has 3 aromatic rings. The summed E-state index contributed by atoms with van der Waals surface area (Å²) in [5.74, 6) is 0. The van der Waals surface area contributed by atoms with Crippen molar-refractivity contribution in [1.29, 1.82) is 0 Å². The molecule has 0 N–H and O–H groups in total. The lowest BCUT2D eigenvalue weighted by molar-refractivity contribution is 1.64. The standard InChI is InChI=1S/C19H17BP/c1-21(20,17-12-6-3-7-13-17)19-15-9-8-14-18(19)16-10-4-2-5-11-16/h2-15H,1H3. The minimum atomic E-state index is -1.85. The molecule has 0 aliphatic rings. The Bertz CT molecular complexity index is 721. The van der Waals surface area contributed by atoms with Crippen molar-refractivity contribution in [3.63, 3.8) is 0 Å². The van der Waals surface area contributed by atoms with Gasteiger partial charge in [-0.15, -0.1) is 0 Å². The maximum absolute atomic E-state index is 6.81. The molecule has 2 heteroatoms. The summed E-state index contributed by atoms with van der Waals surface area (Å²) in [6.45, 7) is 2.18. The number of hydrogen-bond donors (Lipinski definition) is 0. The first-order valence-electron chi connectivity index (χ1n) is 7.05. The van der Waals surface area contributed by atoms with Crippen molar-refractivity contribution in [3.05, 3.63) is 84.9 Å². The number of rotatable bonds is 3. The first-order valence-corrected chi connectivity index (χ1v) is 9.36. The Morgan fingerprint density at radius 3 is 1.86 bits per heavy atom. The van der Waals surface area contributed by atoms with Gasteiger partial charge >= 0.3 is 0 Å². The molecule has 0 aromatic heterocycles. The molecule has 3 rings (SSSR count). The third-order valence-corrected chi connectivity index (χ3v) is 6.54. The summed E-state index contributed by atoms with van der Waals surface area (Å²) in [6, 6.07) is 29.4. The predicted molar refractivity (Wildman–Crippen MR) is 96.2 cm³/mol. The van der Waals surface area contributed by atoms with Gasteiger partial charge in [0, 0.05) is 17.5 Å². The first-order chi connectivity index (χ1) is 10.2. The molecular weight excluding hydrogens is 270 g/mol. The van der Waals surface area contributed by atoms with Crippen LogP contribution in [-0.2, 0) is 0 Å². The minimum absolute atomic E-state index is 1.22. The molecule has 0 fully saturated rings. The summed E-state index contributed by atoms with van der Waals surface area (Å²) in [5, 5.41) is 2.48. The third-order valence-electron chi connectivity index (χ3n) is 3.78. The second kappa shape index (κ2) is 5.88. The fourth-order valence-electron chi connectivity index (χ4n) is 2.62. The van der Waals surface area contributed by atoms with Crippen molar-refractivity contribution in [2.75, 3.05) is 6.66 Å². The maximum atomic E-state index is 6.81. The monoisotopic (exact) mass is 287 g/mol. The van der Waals surface area contributed by atoms with E-state index in [2.05, 4.69) is 79.5 Å². The van der Waals surface area contributed by atoms with Crippen LogP contribution in [0.5, 0.6) is 0 Å². The molecule has 0 aliphatic carbocycles. The summed E-state index contributed by atoms with van der Waals surface area (Å²) in [6.07, 6.45) is 0. The predicted octanol–water partition coefficient (Wildman–Crippen LogP) is 4.04. The Morgan fingerprint density at radius 2 is 1.19 bits per heavy atom. The van der Waals surface area contributed by atoms with Gasteiger partial charge in [0.2, 0.25) is 0 Å². The van der Waals surface area contributed by atoms with E-state index in [0.717, 1.165) is 0 Å². The summed E-state index contributed by atoms with van der Waals surface area (Å²) in [4.78, 5) is 0. The molecule has 0 heterocycles. The maximum Gasteiger partial charge on any atom is 0.0542 e. The average molecular weight is 287 g/mol. The van der Waals surface area contributed by atoms with Crippen molar-refractivity contribution in [2.45, 2.75) is 0 Å². The van der Waals surface area contributed by atoms with E-state index in [4.69, 9.17) is 7.57 Å². The Hall–Kier alpha value is -1.85. The van der Waals surface area contributed by atoms with Crippen LogP contribution in [0.15, 0.2) is 84.9 Å². The smallest absolute Gasteiger partial charge is 0.0542 e. The van der Waals surface area contributed by atoms with Crippen molar-refractivity contribution in [2.24, 2.45) is 0 Å². The molecule has 0 aliphatic heterocycles. The highest BCUT2D eigenvalue weighted by molar-refractivity contribution is 8.08. The van der Waals surface area contributed by atoms with Crippen molar-refractivity contribution < 1.29 is 0 Å². The lowest BCUT2D eigenvalue weighted by Gasteiger charge is -2.34. The van der Waals surface area contributed by atoms with E-state index in [1.165, 1.54) is 21.7 Å². The van der Waals surface area contributed by atoms with Crippen LogP contribution in [0.3, 0.4) is 0 Å². The molecule has 1 unspecified atom stereocenters. The summed E-state index contributed by atoms with van der Waals surface area (Å²) in [5.41, 5.74) is 2.46. The normalized spacial score (nSPS) is 13.6. The van der Waals surface area contributed by atoms with E-state index in [0.29, 0.717) is 0 Å². The summed E-state index contributed by atoms with van der Waals surface area (Å²) >= 11 is 0. The Balaban J connectivity index is 2.16. The summed E-state index contributed by atoms with van der Waals surface area (Å²) < 4.78 is 0. The van der Waals surface area contributed by atoms with Crippen LogP contribution in [0.25, 0.3) is 11.1 Å². The second-order valence-corrected chi connectivity index (χ2v) is 8.44. The highest BCUT2D eigenvalue weighted by Crippen LogP contribution is 2.49. The van der Waals surface area contributed by atoms with Crippen LogP contribution >= 0.6 is 7.14 Å². The molecule has 0 spiro atoms. The quantitative estimate of drug-likeness (QED) is 0.504. The summed E-state index contributed by atoms with van der Waals surface area (Å²) in [7, 11) is 4.96. The van der Waals surface area contributed by atoms with Gasteiger partial charge in [-0.05, 0) is 23.8 Å². The Kier molecular flexibility index (Phi) is 3.95. The second-order valence-electron chi connectivity index (χ2n) is 5.29. The number of hydrogen-bond acceptors (Lipinski definition) is 0. The van der Waals surface area contributed by atoms with Gasteiger partial charge in [0.1, 0.15) is 0 Å². The Morgan fingerprint density at radius 1 is 0.667 bits per heavy atom. The lowest BCUT2D eigenvalue weighted by Crippen LogP contribution is -2.22. The molecule has 0 saturated heterocycles. The molecule has 21 heavy (non-hydrogen) atoms. The molecule has 101 valence electrons. The zero-order valence-corrected chi connectivity index (χ0v) is 13.0.